The van der Waals surface area contributed by atoms with Crippen LogP contribution in [-0.4, -0.2) is 17.8 Å². The van der Waals surface area contributed by atoms with E-state index in [9.17, 15) is 4.79 Å². The molecule has 0 aromatic heterocycles. The van der Waals surface area contributed by atoms with Gasteiger partial charge in [0.2, 0.25) is 0 Å². The van der Waals surface area contributed by atoms with Crippen LogP contribution in [0.5, 0.6) is 0 Å². The van der Waals surface area contributed by atoms with Gasteiger partial charge in [-0.25, -0.2) is 0 Å². The molecule has 18 heavy (non-hydrogen) atoms. The number of carbonyl (C=O) groups excluding carboxylic acids is 1. The fourth-order valence-electron chi connectivity index (χ4n) is 1.70. The van der Waals surface area contributed by atoms with Crippen molar-refractivity contribution in [1.29, 1.82) is 0 Å². The second-order valence-electron chi connectivity index (χ2n) is 4.92. The minimum atomic E-state index is -0.172. The summed E-state index contributed by atoms with van der Waals surface area (Å²) in [7, 11) is 0. The molecule has 0 saturated carbocycles. The molecule has 1 rings (SSSR count). The number of rotatable bonds is 5. The van der Waals surface area contributed by atoms with Crippen molar-refractivity contribution < 1.29 is 4.79 Å². The largest absolute Gasteiger partial charge is 0.351 e. The molecular weight excluding hydrogens is 269 g/mol. The summed E-state index contributed by atoms with van der Waals surface area (Å²) in [4.78, 5) is 11.9. The molecule has 0 fully saturated rings. The smallest absolute Gasteiger partial charge is 0.252 e. The fraction of sp³-hybridized carbons (Fsp3) is 0.500. The van der Waals surface area contributed by atoms with Crippen LogP contribution in [0.25, 0.3) is 0 Å². The molecule has 1 aromatic carbocycles. The molecule has 1 atom stereocenters. The minimum Gasteiger partial charge on any atom is -0.351 e. The van der Waals surface area contributed by atoms with E-state index in [0.717, 1.165) is 12.0 Å². The molecule has 1 unspecified atom stereocenters. The summed E-state index contributed by atoms with van der Waals surface area (Å²) < 4.78 is 0. The van der Waals surface area contributed by atoms with Crippen LogP contribution in [0, 0.1) is 12.8 Å². The molecule has 0 aliphatic rings. The predicted molar refractivity (Wildman–Crippen MR) is 77.6 cm³/mol. The van der Waals surface area contributed by atoms with E-state index in [4.69, 9.17) is 23.2 Å². The van der Waals surface area contributed by atoms with Gasteiger partial charge in [0.25, 0.3) is 5.91 Å². The van der Waals surface area contributed by atoms with Gasteiger partial charge >= 0.3 is 0 Å². The van der Waals surface area contributed by atoms with Crippen LogP contribution in [0.15, 0.2) is 18.2 Å². The van der Waals surface area contributed by atoms with Crippen molar-refractivity contribution in [1.82, 2.24) is 5.32 Å². The summed E-state index contributed by atoms with van der Waals surface area (Å²) in [6.07, 6.45) is 0.878. The van der Waals surface area contributed by atoms with Gasteiger partial charge in [0.05, 0.1) is 16.0 Å². The Bertz CT molecular complexity index is 418. The van der Waals surface area contributed by atoms with Crippen LogP contribution < -0.4 is 5.32 Å². The summed E-state index contributed by atoms with van der Waals surface area (Å²) in [5, 5.41) is 3.24. The average Bonchev–Trinajstić information content (AvgIpc) is 2.25. The van der Waals surface area contributed by atoms with Crippen LogP contribution in [0.2, 0.25) is 5.02 Å². The third-order valence-electron chi connectivity index (χ3n) is 2.58. The first-order chi connectivity index (χ1) is 8.40. The van der Waals surface area contributed by atoms with Crippen LogP contribution in [0.4, 0.5) is 0 Å². The monoisotopic (exact) mass is 287 g/mol. The number of hydrogen-bond donors (Lipinski definition) is 1. The summed E-state index contributed by atoms with van der Waals surface area (Å²) in [5.74, 6) is 0.349. The van der Waals surface area contributed by atoms with Crippen LogP contribution in [0.1, 0.15) is 36.2 Å². The Kier molecular flexibility index (Phi) is 5.97. The summed E-state index contributed by atoms with van der Waals surface area (Å²) in [6.45, 7) is 6.61. The van der Waals surface area contributed by atoms with Gasteiger partial charge in [-0.3, -0.25) is 4.79 Å². The topological polar surface area (TPSA) is 29.1 Å². The highest BCUT2D eigenvalue weighted by molar-refractivity contribution is 6.33. The van der Waals surface area contributed by atoms with Gasteiger partial charge in [0.1, 0.15) is 0 Å². The minimum absolute atomic E-state index is 0.0434. The second-order valence-corrected chi connectivity index (χ2v) is 5.94. The molecule has 0 heterocycles. The number of aryl methyl sites for hydroxylation is 1. The van der Waals surface area contributed by atoms with Crippen LogP contribution in [-0.2, 0) is 0 Å². The Hall–Kier alpha value is -0.730. The molecular formula is C14H19Cl2NO. The Morgan fingerprint density at radius 2 is 2.06 bits per heavy atom. The first kappa shape index (κ1) is 15.3. The number of halogens is 2. The fourth-order valence-corrected chi connectivity index (χ4v) is 2.45. The zero-order chi connectivity index (χ0) is 13.7. The first-order valence-electron chi connectivity index (χ1n) is 6.08. The van der Waals surface area contributed by atoms with Gasteiger partial charge in [0, 0.05) is 6.54 Å². The molecule has 4 heteroatoms. The number of nitrogens with one attached hydrogen (secondary N) is 1. The van der Waals surface area contributed by atoms with E-state index in [0.29, 0.717) is 23.0 Å². The Morgan fingerprint density at radius 3 is 2.61 bits per heavy atom. The van der Waals surface area contributed by atoms with Crippen LogP contribution >= 0.6 is 23.2 Å². The number of alkyl halides is 1. The first-order valence-corrected chi connectivity index (χ1v) is 6.90. The molecule has 0 radical (unpaired) electrons. The normalized spacial score (nSPS) is 12.6. The van der Waals surface area contributed by atoms with Gasteiger partial charge in [-0.05, 0) is 37.0 Å². The van der Waals surface area contributed by atoms with Crippen molar-refractivity contribution in [3.8, 4) is 0 Å². The van der Waals surface area contributed by atoms with E-state index < -0.39 is 0 Å². The van der Waals surface area contributed by atoms with Gasteiger partial charge in [0.15, 0.2) is 0 Å². The maximum Gasteiger partial charge on any atom is 0.252 e. The predicted octanol–water partition coefficient (Wildman–Crippen LogP) is 4.03. The Balaban J connectivity index is 2.55. The highest BCUT2D eigenvalue weighted by atomic mass is 35.5. The van der Waals surface area contributed by atoms with Gasteiger partial charge in [-0.2, -0.15) is 0 Å². The van der Waals surface area contributed by atoms with E-state index in [-0.39, 0.29) is 11.3 Å². The van der Waals surface area contributed by atoms with Crippen molar-refractivity contribution in [3.63, 3.8) is 0 Å². The molecule has 100 valence electrons. The van der Waals surface area contributed by atoms with E-state index in [1.54, 1.807) is 12.1 Å². The van der Waals surface area contributed by atoms with E-state index in [1.165, 1.54) is 0 Å². The average molecular weight is 288 g/mol. The van der Waals surface area contributed by atoms with Crippen molar-refractivity contribution in [2.24, 2.45) is 5.92 Å². The molecule has 0 bridgehead atoms. The number of carbonyl (C=O) groups is 1. The zero-order valence-electron chi connectivity index (χ0n) is 11.0. The highest BCUT2D eigenvalue weighted by Crippen LogP contribution is 2.17. The summed E-state index contributed by atoms with van der Waals surface area (Å²) in [6, 6.07) is 5.38. The number of amides is 1. The Labute approximate surface area is 119 Å². The Morgan fingerprint density at radius 1 is 1.39 bits per heavy atom. The molecule has 1 amide bonds. The van der Waals surface area contributed by atoms with E-state index >= 15 is 0 Å². The lowest BCUT2D eigenvalue weighted by molar-refractivity contribution is 0.0953. The maximum absolute atomic E-state index is 11.9. The zero-order valence-corrected chi connectivity index (χ0v) is 12.5. The quantitative estimate of drug-likeness (QED) is 0.814. The van der Waals surface area contributed by atoms with Crippen molar-refractivity contribution >= 4 is 29.1 Å². The van der Waals surface area contributed by atoms with Gasteiger partial charge < -0.3 is 5.32 Å². The molecule has 0 saturated heterocycles. The summed E-state index contributed by atoms with van der Waals surface area (Å²) in [5.41, 5.74) is 1.53. The van der Waals surface area contributed by atoms with Gasteiger partial charge in [-0.15, -0.1) is 11.6 Å². The highest BCUT2D eigenvalue weighted by Gasteiger charge is 2.13. The standard InChI is InChI=1S/C14H19Cl2NO/c1-9(2)6-11(15)8-17-14(18)12-5-4-10(3)7-13(12)16/h4-5,7,9,11H,6,8H2,1-3H3,(H,17,18). The number of benzene rings is 1. The third-order valence-corrected chi connectivity index (χ3v) is 3.23. The summed E-state index contributed by atoms with van der Waals surface area (Å²) >= 11 is 12.2. The lowest BCUT2D eigenvalue weighted by Crippen LogP contribution is -2.30. The molecule has 1 N–H and O–H groups in total. The van der Waals surface area contributed by atoms with Crippen molar-refractivity contribution in [2.75, 3.05) is 6.54 Å². The molecule has 0 aliphatic heterocycles. The molecule has 1 aromatic rings. The van der Waals surface area contributed by atoms with Crippen molar-refractivity contribution in [2.45, 2.75) is 32.6 Å². The maximum atomic E-state index is 11.9. The number of hydrogen-bond acceptors (Lipinski definition) is 1. The lowest BCUT2D eigenvalue weighted by atomic mass is 10.1. The molecule has 0 aliphatic carbocycles. The van der Waals surface area contributed by atoms with Gasteiger partial charge in [-0.1, -0.05) is 31.5 Å². The second kappa shape index (κ2) is 7.01. The molecule has 0 spiro atoms. The van der Waals surface area contributed by atoms with E-state index in [1.807, 2.05) is 13.0 Å². The third kappa shape index (κ3) is 4.87. The van der Waals surface area contributed by atoms with Crippen LogP contribution in [0.3, 0.4) is 0 Å². The molecule has 2 nitrogen and oxygen atoms in total. The van der Waals surface area contributed by atoms with E-state index in [2.05, 4.69) is 19.2 Å². The SMILES string of the molecule is Cc1ccc(C(=O)NCC(Cl)CC(C)C)c(Cl)c1. The van der Waals surface area contributed by atoms with Crippen molar-refractivity contribution in [3.05, 3.63) is 34.3 Å². The lowest BCUT2D eigenvalue weighted by Gasteiger charge is -2.13.